The highest BCUT2D eigenvalue weighted by Gasteiger charge is 2.21. The molecule has 3 nitrogen and oxygen atoms in total. The molecular weight excluding hydrogens is 213 g/mol. The van der Waals surface area contributed by atoms with Crippen LogP contribution in [0, 0.1) is 5.92 Å². The van der Waals surface area contributed by atoms with Crippen LogP contribution in [-0.4, -0.2) is 25.7 Å². The van der Waals surface area contributed by atoms with E-state index < -0.39 is 0 Å². The van der Waals surface area contributed by atoms with Crippen LogP contribution in [0.15, 0.2) is 0 Å². The van der Waals surface area contributed by atoms with Crippen molar-refractivity contribution in [2.24, 2.45) is 5.92 Å². The van der Waals surface area contributed by atoms with Crippen LogP contribution in [0.3, 0.4) is 0 Å². The van der Waals surface area contributed by atoms with Crippen molar-refractivity contribution in [3.63, 3.8) is 0 Å². The summed E-state index contributed by atoms with van der Waals surface area (Å²) < 4.78 is 4.91. The molecule has 0 aromatic carbocycles. The van der Waals surface area contributed by atoms with Crippen molar-refractivity contribution < 1.29 is 9.53 Å². The van der Waals surface area contributed by atoms with E-state index >= 15 is 0 Å². The van der Waals surface area contributed by atoms with Crippen LogP contribution in [0.2, 0.25) is 0 Å². The quantitative estimate of drug-likeness (QED) is 0.728. The third-order valence-corrected chi connectivity index (χ3v) is 1.96. The van der Waals surface area contributed by atoms with Gasteiger partial charge in [0.2, 0.25) is 0 Å². The van der Waals surface area contributed by atoms with E-state index in [4.69, 9.17) is 4.74 Å². The number of rotatable bonds is 2. The van der Waals surface area contributed by atoms with E-state index in [-0.39, 0.29) is 36.7 Å². The third kappa shape index (κ3) is 5.34. The van der Waals surface area contributed by atoms with Crippen molar-refractivity contribution >= 4 is 30.8 Å². The summed E-state index contributed by atoms with van der Waals surface area (Å²) >= 11 is 0. The van der Waals surface area contributed by atoms with Crippen LogP contribution in [0.1, 0.15) is 19.8 Å². The Morgan fingerprint density at radius 1 is 1.38 bits per heavy atom. The number of carbonyl (C=O) groups is 1. The maximum absolute atomic E-state index is 11.1. The summed E-state index contributed by atoms with van der Waals surface area (Å²) in [6.45, 7) is 4.24. The number of halogens is 2. The highest BCUT2D eigenvalue weighted by atomic mass is 35.5. The van der Waals surface area contributed by atoms with Crippen LogP contribution >= 0.6 is 24.8 Å². The standard InChI is InChI=1S/C8H15NO2.2ClH/c1-2-11-8(10)7-3-5-9-6-4-7;;/h7,9H,2-6H2,1H3;2*1H. The van der Waals surface area contributed by atoms with Gasteiger partial charge in [0.15, 0.2) is 0 Å². The zero-order valence-electron chi connectivity index (χ0n) is 7.75. The Hall–Kier alpha value is 0.01000. The van der Waals surface area contributed by atoms with Crippen LogP contribution in [0.5, 0.6) is 0 Å². The minimum atomic E-state index is -0.0194. The lowest BCUT2D eigenvalue weighted by Crippen LogP contribution is -2.32. The minimum absolute atomic E-state index is 0. The van der Waals surface area contributed by atoms with Gasteiger partial charge in [0.25, 0.3) is 0 Å². The molecule has 0 spiro atoms. The van der Waals surface area contributed by atoms with Gasteiger partial charge in [0, 0.05) is 0 Å². The van der Waals surface area contributed by atoms with Crippen LogP contribution in [0.4, 0.5) is 0 Å². The molecule has 0 atom stereocenters. The average Bonchev–Trinajstić information content (AvgIpc) is 2.07. The predicted molar refractivity (Wildman–Crippen MR) is 56.7 cm³/mol. The fourth-order valence-corrected chi connectivity index (χ4v) is 1.32. The lowest BCUT2D eigenvalue weighted by molar-refractivity contribution is -0.148. The number of esters is 1. The van der Waals surface area contributed by atoms with Gasteiger partial charge in [-0.25, -0.2) is 0 Å². The molecule has 13 heavy (non-hydrogen) atoms. The number of hydrogen-bond acceptors (Lipinski definition) is 3. The van der Waals surface area contributed by atoms with Gasteiger partial charge in [-0.15, -0.1) is 24.8 Å². The van der Waals surface area contributed by atoms with Crippen LogP contribution in [0.25, 0.3) is 0 Å². The highest BCUT2D eigenvalue weighted by Crippen LogP contribution is 2.12. The number of carbonyl (C=O) groups excluding carboxylic acids is 1. The van der Waals surface area contributed by atoms with Crippen molar-refractivity contribution in [3.05, 3.63) is 0 Å². The van der Waals surface area contributed by atoms with Gasteiger partial charge in [0.05, 0.1) is 12.5 Å². The van der Waals surface area contributed by atoms with Gasteiger partial charge < -0.3 is 10.1 Å². The van der Waals surface area contributed by atoms with E-state index in [0.29, 0.717) is 6.61 Å². The Bertz CT molecular complexity index is 138. The smallest absolute Gasteiger partial charge is 0.309 e. The summed E-state index contributed by atoms with van der Waals surface area (Å²) in [4.78, 5) is 11.1. The second-order valence-electron chi connectivity index (χ2n) is 2.78. The third-order valence-electron chi connectivity index (χ3n) is 1.96. The van der Waals surface area contributed by atoms with Crippen molar-refractivity contribution in [1.29, 1.82) is 0 Å². The topological polar surface area (TPSA) is 38.3 Å². The first-order chi connectivity index (χ1) is 5.34. The first-order valence-electron chi connectivity index (χ1n) is 4.22. The maximum atomic E-state index is 11.1. The molecule has 1 aliphatic rings. The second kappa shape index (κ2) is 8.60. The van der Waals surface area contributed by atoms with Gasteiger partial charge in [-0.1, -0.05) is 0 Å². The molecule has 5 heteroatoms. The average molecular weight is 230 g/mol. The lowest BCUT2D eigenvalue weighted by Gasteiger charge is -2.20. The summed E-state index contributed by atoms with van der Waals surface area (Å²) in [5.41, 5.74) is 0. The van der Waals surface area contributed by atoms with Gasteiger partial charge in [-0.2, -0.15) is 0 Å². The lowest BCUT2D eigenvalue weighted by atomic mass is 9.99. The summed E-state index contributed by atoms with van der Waals surface area (Å²) in [6.07, 6.45) is 1.86. The van der Waals surface area contributed by atoms with Crippen molar-refractivity contribution in [1.82, 2.24) is 5.32 Å². The Balaban J connectivity index is 0. The zero-order chi connectivity index (χ0) is 8.10. The largest absolute Gasteiger partial charge is 0.466 e. The maximum Gasteiger partial charge on any atom is 0.309 e. The van der Waals surface area contributed by atoms with Gasteiger partial charge in [-0.05, 0) is 32.9 Å². The molecule has 0 aromatic heterocycles. The number of nitrogens with one attached hydrogen (secondary N) is 1. The molecule has 1 fully saturated rings. The van der Waals surface area contributed by atoms with Crippen molar-refractivity contribution in [3.8, 4) is 0 Å². The van der Waals surface area contributed by atoms with E-state index in [1.54, 1.807) is 0 Å². The Kier molecular flexibility index (Phi) is 10.2. The van der Waals surface area contributed by atoms with E-state index in [1.807, 2.05) is 6.92 Å². The molecular formula is C8H17Cl2NO2. The van der Waals surface area contributed by atoms with Crippen molar-refractivity contribution in [2.75, 3.05) is 19.7 Å². The minimum Gasteiger partial charge on any atom is -0.466 e. The Morgan fingerprint density at radius 2 is 1.92 bits per heavy atom. The first kappa shape index (κ1) is 15.5. The van der Waals surface area contributed by atoms with Crippen LogP contribution < -0.4 is 5.32 Å². The molecule has 0 saturated carbocycles. The first-order valence-corrected chi connectivity index (χ1v) is 4.22. The molecule has 0 aromatic rings. The van der Waals surface area contributed by atoms with Crippen LogP contribution in [-0.2, 0) is 9.53 Å². The second-order valence-corrected chi connectivity index (χ2v) is 2.78. The van der Waals surface area contributed by atoms with E-state index in [1.165, 1.54) is 0 Å². The Morgan fingerprint density at radius 3 is 2.38 bits per heavy atom. The molecule has 1 rings (SSSR count). The number of piperidine rings is 1. The molecule has 0 unspecified atom stereocenters. The predicted octanol–water partition coefficient (Wildman–Crippen LogP) is 1.39. The molecule has 1 heterocycles. The van der Waals surface area contributed by atoms with E-state index in [2.05, 4.69) is 5.32 Å². The summed E-state index contributed by atoms with van der Waals surface area (Å²) in [7, 11) is 0. The summed E-state index contributed by atoms with van der Waals surface area (Å²) in [5, 5.41) is 3.20. The van der Waals surface area contributed by atoms with Gasteiger partial charge in [0.1, 0.15) is 0 Å². The molecule has 80 valence electrons. The molecule has 1 N–H and O–H groups in total. The SMILES string of the molecule is CCOC(=O)C1CCNCC1.Cl.Cl. The van der Waals surface area contributed by atoms with E-state index in [0.717, 1.165) is 25.9 Å². The number of ether oxygens (including phenoxy) is 1. The summed E-state index contributed by atoms with van der Waals surface area (Å²) in [6, 6.07) is 0. The summed E-state index contributed by atoms with van der Waals surface area (Å²) in [5.74, 6) is 0.130. The van der Waals surface area contributed by atoms with Gasteiger partial charge in [-0.3, -0.25) is 4.79 Å². The van der Waals surface area contributed by atoms with Gasteiger partial charge >= 0.3 is 5.97 Å². The highest BCUT2D eigenvalue weighted by molar-refractivity contribution is 5.85. The monoisotopic (exact) mass is 229 g/mol. The molecule has 0 bridgehead atoms. The normalized spacial score (nSPS) is 16.7. The molecule has 0 amide bonds. The zero-order valence-corrected chi connectivity index (χ0v) is 9.38. The number of hydrogen-bond donors (Lipinski definition) is 1. The fraction of sp³-hybridized carbons (Fsp3) is 0.875. The molecule has 0 radical (unpaired) electrons. The molecule has 1 saturated heterocycles. The van der Waals surface area contributed by atoms with E-state index in [9.17, 15) is 4.79 Å². The Labute approximate surface area is 91.4 Å². The molecule has 1 aliphatic heterocycles. The fourth-order valence-electron chi connectivity index (χ4n) is 1.32. The molecule has 0 aliphatic carbocycles. The van der Waals surface area contributed by atoms with Crippen molar-refractivity contribution in [2.45, 2.75) is 19.8 Å².